The molecule has 23 heavy (non-hydrogen) atoms. The average Bonchev–Trinajstić information content (AvgIpc) is 2.51. The van der Waals surface area contributed by atoms with E-state index >= 15 is 0 Å². The number of likely N-dealkylation sites (N-methyl/N-ethyl adjacent to an activating group) is 1. The van der Waals surface area contributed by atoms with Crippen molar-refractivity contribution in [2.45, 2.75) is 13.3 Å². The fourth-order valence-corrected chi connectivity index (χ4v) is 2.55. The number of rotatable bonds is 5. The van der Waals surface area contributed by atoms with Crippen molar-refractivity contribution in [3.63, 3.8) is 0 Å². The van der Waals surface area contributed by atoms with Crippen molar-refractivity contribution in [1.29, 1.82) is 0 Å². The van der Waals surface area contributed by atoms with E-state index < -0.39 is 0 Å². The van der Waals surface area contributed by atoms with Crippen LogP contribution in [0.15, 0.2) is 53.0 Å². The molecule has 0 spiro atoms. The summed E-state index contributed by atoms with van der Waals surface area (Å²) in [5.41, 5.74) is 2.75. The van der Waals surface area contributed by atoms with Crippen LogP contribution >= 0.6 is 15.9 Å². The van der Waals surface area contributed by atoms with Crippen LogP contribution in [0.3, 0.4) is 0 Å². The van der Waals surface area contributed by atoms with E-state index in [1.807, 2.05) is 49.4 Å². The van der Waals surface area contributed by atoms with Gasteiger partial charge in [0.1, 0.15) is 0 Å². The van der Waals surface area contributed by atoms with Crippen LogP contribution in [0.25, 0.3) is 0 Å². The van der Waals surface area contributed by atoms with Crippen LogP contribution in [0.2, 0.25) is 0 Å². The molecule has 120 valence electrons. The lowest BCUT2D eigenvalue weighted by Crippen LogP contribution is -2.36. The third-order valence-electron chi connectivity index (χ3n) is 3.56. The van der Waals surface area contributed by atoms with Gasteiger partial charge in [0, 0.05) is 11.5 Å². The van der Waals surface area contributed by atoms with Crippen LogP contribution in [0.1, 0.15) is 11.1 Å². The Morgan fingerprint density at radius 2 is 1.74 bits per heavy atom. The normalized spacial score (nSPS) is 10.2. The highest BCUT2D eigenvalue weighted by atomic mass is 79.9. The minimum Gasteiger partial charge on any atom is -0.336 e. The molecule has 4 nitrogen and oxygen atoms in total. The highest BCUT2D eigenvalue weighted by molar-refractivity contribution is 9.10. The predicted molar refractivity (Wildman–Crippen MR) is 95.3 cm³/mol. The summed E-state index contributed by atoms with van der Waals surface area (Å²) in [5.74, 6) is -0.306. The Labute approximate surface area is 144 Å². The topological polar surface area (TPSA) is 49.4 Å². The Morgan fingerprint density at radius 3 is 2.43 bits per heavy atom. The molecule has 0 bridgehead atoms. The molecular formula is C18H19BrN2O2. The van der Waals surface area contributed by atoms with Crippen molar-refractivity contribution in [3.05, 3.63) is 64.1 Å². The van der Waals surface area contributed by atoms with Gasteiger partial charge in [0.15, 0.2) is 0 Å². The lowest BCUT2D eigenvalue weighted by molar-refractivity contribution is -0.132. The number of carbonyl (C=O) groups excluding carboxylic acids is 2. The van der Waals surface area contributed by atoms with Crippen molar-refractivity contribution in [3.8, 4) is 0 Å². The second-order valence-corrected chi connectivity index (χ2v) is 6.24. The van der Waals surface area contributed by atoms with Crippen molar-refractivity contribution < 1.29 is 9.59 Å². The summed E-state index contributed by atoms with van der Waals surface area (Å²) in [5, 5.41) is 2.79. The Kier molecular flexibility index (Phi) is 5.93. The molecule has 2 aromatic rings. The smallest absolute Gasteiger partial charge is 0.244 e. The Bertz CT molecular complexity index is 716. The van der Waals surface area contributed by atoms with Gasteiger partial charge in [-0.15, -0.1) is 0 Å². The minimum atomic E-state index is -0.225. The predicted octanol–water partition coefficient (Wildman–Crippen LogP) is 3.40. The van der Waals surface area contributed by atoms with Gasteiger partial charge in [0.05, 0.1) is 18.7 Å². The third-order valence-corrected chi connectivity index (χ3v) is 4.25. The number of halogens is 1. The average molecular weight is 375 g/mol. The first-order valence-electron chi connectivity index (χ1n) is 7.30. The first-order valence-corrected chi connectivity index (χ1v) is 8.09. The van der Waals surface area contributed by atoms with E-state index in [1.165, 1.54) is 4.90 Å². The third kappa shape index (κ3) is 4.93. The van der Waals surface area contributed by atoms with Crippen molar-refractivity contribution in [1.82, 2.24) is 4.90 Å². The molecule has 0 aliphatic rings. The van der Waals surface area contributed by atoms with Crippen LogP contribution < -0.4 is 5.32 Å². The Balaban J connectivity index is 1.92. The van der Waals surface area contributed by atoms with E-state index in [0.29, 0.717) is 12.1 Å². The van der Waals surface area contributed by atoms with E-state index in [9.17, 15) is 9.59 Å². The molecular weight excluding hydrogens is 356 g/mol. The molecule has 0 saturated heterocycles. The maximum atomic E-state index is 12.3. The molecule has 2 rings (SSSR count). The van der Waals surface area contributed by atoms with Gasteiger partial charge < -0.3 is 10.2 Å². The van der Waals surface area contributed by atoms with Crippen LogP contribution in [-0.2, 0) is 16.0 Å². The molecule has 0 fully saturated rings. The standard InChI is InChI=1S/C18H19BrN2O2/c1-13-7-3-4-8-14(13)11-18(23)21(2)12-17(22)20-16-10-6-5-9-15(16)19/h3-10H,11-12H2,1-2H3,(H,20,22). The van der Waals surface area contributed by atoms with Gasteiger partial charge in [-0.2, -0.15) is 0 Å². The maximum Gasteiger partial charge on any atom is 0.244 e. The molecule has 0 aromatic heterocycles. The highest BCUT2D eigenvalue weighted by Crippen LogP contribution is 2.21. The fourth-order valence-electron chi connectivity index (χ4n) is 2.16. The molecule has 0 heterocycles. The summed E-state index contributed by atoms with van der Waals surface area (Å²) in [6.07, 6.45) is 0.297. The van der Waals surface area contributed by atoms with Crippen molar-refractivity contribution >= 4 is 33.4 Å². The van der Waals surface area contributed by atoms with Crippen LogP contribution in [0.5, 0.6) is 0 Å². The lowest BCUT2D eigenvalue weighted by atomic mass is 10.1. The van der Waals surface area contributed by atoms with Gasteiger partial charge in [-0.25, -0.2) is 0 Å². The molecule has 2 aromatic carbocycles. The SMILES string of the molecule is Cc1ccccc1CC(=O)N(C)CC(=O)Nc1ccccc1Br. The maximum absolute atomic E-state index is 12.3. The zero-order chi connectivity index (χ0) is 16.8. The van der Waals surface area contributed by atoms with Gasteiger partial charge in [0.2, 0.25) is 11.8 Å². The van der Waals surface area contributed by atoms with E-state index in [2.05, 4.69) is 21.2 Å². The summed E-state index contributed by atoms with van der Waals surface area (Å²) in [7, 11) is 1.64. The van der Waals surface area contributed by atoms with Gasteiger partial charge in [-0.1, -0.05) is 36.4 Å². The van der Waals surface area contributed by atoms with E-state index in [-0.39, 0.29) is 18.4 Å². The molecule has 1 N–H and O–H groups in total. The Hall–Kier alpha value is -2.14. The summed E-state index contributed by atoms with van der Waals surface area (Å²) < 4.78 is 0.808. The number of amides is 2. The number of aryl methyl sites for hydroxylation is 1. The fraction of sp³-hybridized carbons (Fsp3) is 0.222. The molecule has 0 aliphatic heterocycles. The van der Waals surface area contributed by atoms with E-state index in [1.54, 1.807) is 13.1 Å². The molecule has 0 aliphatic carbocycles. The highest BCUT2D eigenvalue weighted by Gasteiger charge is 2.15. The van der Waals surface area contributed by atoms with Crippen molar-refractivity contribution in [2.75, 3.05) is 18.9 Å². The zero-order valence-corrected chi connectivity index (χ0v) is 14.8. The molecule has 0 unspecified atom stereocenters. The molecule has 0 radical (unpaired) electrons. The molecule has 0 saturated carbocycles. The number of anilines is 1. The first kappa shape index (κ1) is 17.2. The second kappa shape index (κ2) is 7.92. The summed E-state index contributed by atoms with van der Waals surface area (Å²) in [6.45, 7) is 1.99. The summed E-state index contributed by atoms with van der Waals surface area (Å²) in [6, 6.07) is 15.1. The van der Waals surface area contributed by atoms with Crippen LogP contribution in [0, 0.1) is 6.92 Å². The van der Waals surface area contributed by atoms with E-state index in [0.717, 1.165) is 15.6 Å². The second-order valence-electron chi connectivity index (χ2n) is 5.38. The van der Waals surface area contributed by atoms with Crippen LogP contribution in [0.4, 0.5) is 5.69 Å². The van der Waals surface area contributed by atoms with Crippen LogP contribution in [-0.4, -0.2) is 30.3 Å². The first-order chi connectivity index (χ1) is 11.0. The monoisotopic (exact) mass is 374 g/mol. The summed E-state index contributed by atoms with van der Waals surface area (Å²) >= 11 is 3.38. The minimum absolute atomic E-state index is 0.0199. The Morgan fingerprint density at radius 1 is 1.09 bits per heavy atom. The largest absolute Gasteiger partial charge is 0.336 e. The number of carbonyl (C=O) groups is 2. The van der Waals surface area contributed by atoms with Gasteiger partial charge in [-0.05, 0) is 46.1 Å². The molecule has 2 amide bonds. The number of para-hydroxylation sites is 1. The van der Waals surface area contributed by atoms with Gasteiger partial charge >= 0.3 is 0 Å². The molecule has 0 atom stereocenters. The summed E-state index contributed by atoms with van der Waals surface area (Å²) in [4.78, 5) is 25.8. The number of hydrogen-bond acceptors (Lipinski definition) is 2. The number of benzene rings is 2. The number of nitrogens with zero attached hydrogens (tertiary/aromatic N) is 1. The number of hydrogen-bond donors (Lipinski definition) is 1. The van der Waals surface area contributed by atoms with Crippen molar-refractivity contribution in [2.24, 2.45) is 0 Å². The number of nitrogens with one attached hydrogen (secondary N) is 1. The van der Waals surface area contributed by atoms with Gasteiger partial charge in [0.25, 0.3) is 0 Å². The zero-order valence-electron chi connectivity index (χ0n) is 13.2. The quantitative estimate of drug-likeness (QED) is 0.871. The van der Waals surface area contributed by atoms with E-state index in [4.69, 9.17) is 0 Å². The van der Waals surface area contributed by atoms with Gasteiger partial charge in [-0.3, -0.25) is 9.59 Å². The molecule has 5 heteroatoms. The lowest BCUT2D eigenvalue weighted by Gasteiger charge is -2.17.